The van der Waals surface area contributed by atoms with Crippen molar-refractivity contribution in [3.63, 3.8) is 0 Å². The van der Waals surface area contributed by atoms with Gasteiger partial charge >= 0.3 is 6.03 Å². The van der Waals surface area contributed by atoms with Crippen LogP contribution in [0.3, 0.4) is 0 Å². The molecular formula is C20H26FN5O. The first-order valence-corrected chi connectivity index (χ1v) is 9.34. The maximum Gasteiger partial charge on any atom is 0.317 e. The summed E-state index contributed by atoms with van der Waals surface area (Å²) >= 11 is 0. The average Bonchev–Trinajstić information content (AvgIpc) is 2.64. The minimum atomic E-state index is -0.240. The van der Waals surface area contributed by atoms with E-state index in [1.807, 2.05) is 31.7 Å². The number of amides is 2. The van der Waals surface area contributed by atoms with Crippen LogP contribution in [0.2, 0.25) is 0 Å². The van der Waals surface area contributed by atoms with Gasteiger partial charge in [0.05, 0.1) is 0 Å². The van der Waals surface area contributed by atoms with Crippen LogP contribution in [0, 0.1) is 19.7 Å². The predicted octanol–water partition coefficient (Wildman–Crippen LogP) is 2.67. The lowest BCUT2D eigenvalue weighted by Crippen LogP contribution is -2.52. The van der Waals surface area contributed by atoms with E-state index in [0.29, 0.717) is 39.1 Å². The van der Waals surface area contributed by atoms with Gasteiger partial charge in [-0.1, -0.05) is 12.1 Å². The van der Waals surface area contributed by atoms with Crippen molar-refractivity contribution < 1.29 is 9.18 Å². The molecule has 1 aromatic heterocycles. The third-order valence-corrected chi connectivity index (χ3v) is 4.77. The molecular weight excluding hydrogens is 345 g/mol. The summed E-state index contributed by atoms with van der Waals surface area (Å²) in [5.74, 6) is 1.37. The summed E-state index contributed by atoms with van der Waals surface area (Å²) in [4.78, 5) is 25.2. The molecule has 7 heteroatoms. The Morgan fingerprint density at radius 1 is 1.19 bits per heavy atom. The molecule has 6 nitrogen and oxygen atoms in total. The molecule has 2 amide bonds. The molecule has 0 aliphatic carbocycles. The van der Waals surface area contributed by atoms with Gasteiger partial charge in [-0.25, -0.2) is 19.2 Å². The van der Waals surface area contributed by atoms with Gasteiger partial charge in [-0.15, -0.1) is 0 Å². The van der Waals surface area contributed by atoms with Gasteiger partial charge in [0.15, 0.2) is 0 Å². The maximum atomic E-state index is 13.6. The number of piperazine rings is 1. The van der Waals surface area contributed by atoms with Crippen molar-refractivity contribution in [1.82, 2.24) is 20.2 Å². The Morgan fingerprint density at radius 2 is 1.93 bits per heavy atom. The number of aryl methyl sites for hydroxylation is 2. The fraction of sp³-hybridized carbons (Fsp3) is 0.450. The molecule has 3 rings (SSSR count). The molecule has 27 heavy (non-hydrogen) atoms. The van der Waals surface area contributed by atoms with Crippen molar-refractivity contribution in [2.45, 2.75) is 27.2 Å². The van der Waals surface area contributed by atoms with E-state index in [1.165, 1.54) is 6.07 Å². The number of urea groups is 1. The van der Waals surface area contributed by atoms with Crippen molar-refractivity contribution in [2.24, 2.45) is 0 Å². The Hall–Kier alpha value is -2.70. The molecule has 144 valence electrons. The van der Waals surface area contributed by atoms with Crippen LogP contribution in [0.1, 0.15) is 29.6 Å². The molecule has 0 bridgehead atoms. The maximum absolute atomic E-state index is 13.6. The second kappa shape index (κ2) is 8.33. The first-order chi connectivity index (χ1) is 13.0. The quantitative estimate of drug-likeness (QED) is 0.898. The zero-order valence-corrected chi connectivity index (χ0v) is 16.1. The number of aromatic nitrogens is 2. The van der Waals surface area contributed by atoms with Crippen LogP contribution in [-0.2, 0) is 6.42 Å². The minimum Gasteiger partial charge on any atom is -0.353 e. The molecule has 1 fully saturated rings. The highest BCUT2D eigenvalue weighted by Gasteiger charge is 2.24. The summed E-state index contributed by atoms with van der Waals surface area (Å²) in [6.07, 6.45) is 0.579. The summed E-state index contributed by atoms with van der Waals surface area (Å²) in [7, 11) is 0. The average molecular weight is 371 g/mol. The molecule has 2 aromatic rings. The molecule has 0 radical (unpaired) electrons. The molecule has 1 aromatic carbocycles. The number of halogens is 1. The Kier molecular flexibility index (Phi) is 5.88. The zero-order chi connectivity index (χ0) is 19.4. The van der Waals surface area contributed by atoms with Gasteiger partial charge < -0.3 is 15.1 Å². The third kappa shape index (κ3) is 4.53. The first kappa shape index (κ1) is 19.1. The van der Waals surface area contributed by atoms with Gasteiger partial charge in [0.25, 0.3) is 0 Å². The summed E-state index contributed by atoms with van der Waals surface area (Å²) in [5.41, 5.74) is 2.82. The van der Waals surface area contributed by atoms with Gasteiger partial charge in [-0.2, -0.15) is 0 Å². The second-order valence-electron chi connectivity index (χ2n) is 6.77. The number of carbonyl (C=O) groups is 1. The normalized spacial score (nSPS) is 14.4. The number of carbonyl (C=O) groups excluding carboxylic acids is 1. The Balaban J connectivity index is 1.82. The molecule has 0 unspecified atom stereocenters. The number of hydrogen-bond donors (Lipinski definition) is 1. The van der Waals surface area contributed by atoms with E-state index >= 15 is 0 Å². The summed E-state index contributed by atoms with van der Waals surface area (Å²) in [6, 6.07) is 6.62. The number of anilines is 1. The van der Waals surface area contributed by atoms with Crippen LogP contribution in [0.4, 0.5) is 15.0 Å². The highest BCUT2D eigenvalue weighted by Crippen LogP contribution is 2.25. The SMILES string of the molecule is CCNC(=O)N1CCN(c2nc(C)nc(C)c2Cc2cccc(F)c2)CC1. The topological polar surface area (TPSA) is 61.4 Å². The fourth-order valence-corrected chi connectivity index (χ4v) is 3.42. The van der Waals surface area contributed by atoms with E-state index in [2.05, 4.69) is 20.2 Å². The molecule has 0 saturated carbocycles. The molecule has 1 N–H and O–H groups in total. The number of nitrogens with zero attached hydrogens (tertiary/aromatic N) is 4. The van der Waals surface area contributed by atoms with Crippen LogP contribution in [0.15, 0.2) is 24.3 Å². The third-order valence-electron chi connectivity index (χ3n) is 4.77. The van der Waals surface area contributed by atoms with E-state index in [-0.39, 0.29) is 11.8 Å². The molecule has 1 saturated heterocycles. The highest BCUT2D eigenvalue weighted by atomic mass is 19.1. The van der Waals surface area contributed by atoms with Crippen molar-refractivity contribution in [3.8, 4) is 0 Å². The molecule has 1 aliphatic heterocycles. The van der Waals surface area contributed by atoms with Crippen molar-refractivity contribution in [3.05, 3.63) is 52.7 Å². The summed E-state index contributed by atoms with van der Waals surface area (Å²) < 4.78 is 13.6. The largest absolute Gasteiger partial charge is 0.353 e. The number of nitrogens with one attached hydrogen (secondary N) is 1. The van der Waals surface area contributed by atoms with Crippen molar-refractivity contribution >= 4 is 11.8 Å². The zero-order valence-electron chi connectivity index (χ0n) is 16.1. The van der Waals surface area contributed by atoms with Crippen LogP contribution in [0.5, 0.6) is 0 Å². The van der Waals surface area contributed by atoms with Crippen LogP contribution in [-0.4, -0.2) is 53.6 Å². The van der Waals surface area contributed by atoms with Gasteiger partial charge in [-0.05, 0) is 38.5 Å². The van der Waals surface area contributed by atoms with Crippen molar-refractivity contribution in [2.75, 3.05) is 37.6 Å². The Labute approximate surface area is 159 Å². The van der Waals surface area contributed by atoms with E-state index in [1.54, 1.807) is 12.1 Å². The monoisotopic (exact) mass is 371 g/mol. The number of benzene rings is 1. The van der Waals surface area contributed by atoms with E-state index in [9.17, 15) is 9.18 Å². The number of hydrogen-bond acceptors (Lipinski definition) is 4. The molecule has 0 spiro atoms. The van der Waals surface area contributed by atoms with Gasteiger partial charge in [-0.3, -0.25) is 0 Å². The lowest BCUT2D eigenvalue weighted by Gasteiger charge is -2.36. The predicted molar refractivity (Wildman–Crippen MR) is 104 cm³/mol. The van der Waals surface area contributed by atoms with Crippen LogP contribution in [0.25, 0.3) is 0 Å². The van der Waals surface area contributed by atoms with E-state index in [4.69, 9.17) is 0 Å². The van der Waals surface area contributed by atoms with E-state index in [0.717, 1.165) is 28.5 Å². The molecule has 1 aliphatic rings. The smallest absolute Gasteiger partial charge is 0.317 e. The fourth-order valence-electron chi connectivity index (χ4n) is 3.42. The Morgan fingerprint density at radius 3 is 2.59 bits per heavy atom. The van der Waals surface area contributed by atoms with E-state index < -0.39 is 0 Å². The van der Waals surface area contributed by atoms with Gasteiger partial charge in [0.1, 0.15) is 17.5 Å². The molecule has 0 atom stereocenters. The highest BCUT2D eigenvalue weighted by molar-refractivity contribution is 5.74. The first-order valence-electron chi connectivity index (χ1n) is 9.34. The summed E-state index contributed by atoms with van der Waals surface area (Å²) in [5, 5.41) is 2.84. The number of rotatable bonds is 4. The lowest BCUT2D eigenvalue weighted by molar-refractivity contribution is 0.195. The lowest BCUT2D eigenvalue weighted by atomic mass is 10.0. The Bertz CT molecular complexity index is 818. The van der Waals surface area contributed by atoms with Crippen LogP contribution >= 0.6 is 0 Å². The minimum absolute atomic E-state index is 0.0211. The van der Waals surface area contributed by atoms with Crippen LogP contribution < -0.4 is 10.2 Å². The van der Waals surface area contributed by atoms with Gasteiger partial charge in [0.2, 0.25) is 0 Å². The van der Waals surface area contributed by atoms with Gasteiger partial charge in [0, 0.05) is 50.4 Å². The van der Waals surface area contributed by atoms with Crippen molar-refractivity contribution in [1.29, 1.82) is 0 Å². The molecule has 2 heterocycles. The summed E-state index contributed by atoms with van der Waals surface area (Å²) in [6.45, 7) is 9.11. The standard InChI is InChI=1S/C20H26FN5O/c1-4-22-20(27)26-10-8-25(9-11-26)19-18(14(2)23-15(3)24-19)13-16-6-5-7-17(21)12-16/h5-7,12H,4,8-11,13H2,1-3H3,(H,22,27). The second-order valence-corrected chi connectivity index (χ2v) is 6.77.